The molecule has 2 rings (SSSR count). The zero-order chi connectivity index (χ0) is 14.4. The first-order chi connectivity index (χ1) is 9.65. The van der Waals surface area contributed by atoms with Crippen LogP contribution in [0.5, 0.6) is 11.5 Å². The van der Waals surface area contributed by atoms with E-state index in [1.165, 1.54) is 0 Å². The van der Waals surface area contributed by atoms with Crippen LogP contribution in [0.25, 0.3) is 0 Å². The Morgan fingerprint density at radius 1 is 1.10 bits per heavy atom. The van der Waals surface area contributed by atoms with Gasteiger partial charge in [-0.3, -0.25) is 4.79 Å². The molecule has 0 saturated carbocycles. The third-order valence-electron chi connectivity index (χ3n) is 3.23. The van der Waals surface area contributed by atoms with Gasteiger partial charge in [-0.2, -0.15) is 0 Å². The lowest BCUT2D eigenvalue weighted by molar-refractivity contribution is -0.118. The Balaban J connectivity index is 2.05. The predicted octanol–water partition coefficient (Wildman–Crippen LogP) is 3.85. The maximum Gasteiger partial charge on any atom is 0.217 e. The molecule has 0 saturated heterocycles. The van der Waals surface area contributed by atoms with Crippen molar-refractivity contribution < 1.29 is 9.53 Å². The SMILES string of the molecule is CC(CCC(N)=O)c1cccc(Oc2ccccc2)c1. The zero-order valence-electron chi connectivity index (χ0n) is 11.6. The Kier molecular flexibility index (Phi) is 4.77. The number of primary amides is 1. The molecule has 0 heterocycles. The summed E-state index contributed by atoms with van der Waals surface area (Å²) in [6.07, 6.45) is 1.16. The molecule has 0 aliphatic carbocycles. The van der Waals surface area contributed by atoms with Crippen LogP contribution in [0.4, 0.5) is 0 Å². The molecule has 0 aliphatic rings. The fraction of sp³-hybridized carbons (Fsp3) is 0.235. The molecule has 104 valence electrons. The minimum absolute atomic E-state index is 0.256. The van der Waals surface area contributed by atoms with Gasteiger partial charge in [0.15, 0.2) is 0 Å². The van der Waals surface area contributed by atoms with E-state index in [1.807, 2.05) is 54.6 Å². The van der Waals surface area contributed by atoms with Crippen LogP contribution in [0.3, 0.4) is 0 Å². The number of rotatable bonds is 6. The van der Waals surface area contributed by atoms with Crippen molar-refractivity contribution in [2.75, 3.05) is 0 Å². The van der Waals surface area contributed by atoms with Crippen molar-refractivity contribution in [3.8, 4) is 11.5 Å². The van der Waals surface area contributed by atoms with Crippen LogP contribution in [0.2, 0.25) is 0 Å². The van der Waals surface area contributed by atoms with Crippen LogP contribution in [0.1, 0.15) is 31.2 Å². The van der Waals surface area contributed by atoms with Crippen LogP contribution in [0, 0.1) is 0 Å². The van der Waals surface area contributed by atoms with Gasteiger partial charge >= 0.3 is 0 Å². The summed E-state index contributed by atoms with van der Waals surface area (Å²) in [6.45, 7) is 2.09. The molecule has 2 aromatic rings. The molecule has 0 aromatic heterocycles. The normalized spacial score (nSPS) is 11.8. The second kappa shape index (κ2) is 6.75. The quantitative estimate of drug-likeness (QED) is 0.866. The molecule has 1 atom stereocenters. The van der Waals surface area contributed by atoms with Gasteiger partial charge in [0.2, 0.25) is 5.91 Å². The van der Waals surface area contributed by atoms with E-state index in [4.69, 9.17) is 10.5 Å². The molecular weight excluding hydrogens is 250 g/mol. The van der Waals surface area contributed by atoms with E-state index >= 15 is 0 Å². The Morgan fingerprint density at radius 2 is 1.80 bits per heavy atom. The second-order valence-electron chi connectivity index (χ2n) is 4.89. The molecule has 0 radical (unpaired) electrons. The number of ether oxygens (including phenoxy) is 1. The van der Waals surface area contributed by atoms with Crippen molar-refractivity contribution in [3.63, 3.8) is 0 Å². The summed E-state index contributed by atoms with van der Waals surface area (Å²) in [6, 6.07) is 17.6. The molecule has 1 unspecified atom stereocenters. The van der Waals surface area contributed by atoms with Gasteiger partial charge in [0.05, 0.1) is 0 Å². The molecule has 1 amide bonds. The molecule has 0 spiro atoms. The predicted molar refractivity (Wildman–Crippen MR) is 79.8 cm³/mol. The molecule has 2 aromatic carbocycles. The van der Waals surface area contributed by atoms with Crippen molar-refractivity contribution >= 4 is 5.91 Å². The van der Waals surface area contributed by atoms with Crippen LogP contribution >= 0.6 is 0 Å². The monoisotopic (exact) mass is 269 g/mol. The van der Waals surface area contributed by atoms with Gasteiger partial charge in [-0.25, -0.2) is 0 Å². The van der Waals surface area contributed by atoms with Gasteiger partial charge in [0, 0.05) is 6.42 Å². The van der Waals surface area contributed by atoms with E-state index in [0.29, 0.717) is 6.42 Å². The number of hydrogen-bond donors (Lipinski definition) is 1. The van der Waals surface area contributed by atoms with E-state index in [1.54, 1.807) is 0 Å². The minimum atomic E-state index is -0.256. The van der Waals surface area contributed by atoms with Crippen LogP contribution in [-0.4, -0.2) is 5.91 Å². The fourth-order valence-corrected chi connectivity index (χ4v) is 2.03. The zero-order valence-corrected chi connectivity index (χ0v) is 11.6. The summed E-state index contributed by atoms with van der Waals surface area (Å²) in [7, 11) is 0. The summed E-state index contributed by atoms with van der Waals surface area (Å²) in [4.78, 5) is 10.8. The number of amides is 1. The van der Waals surface area contributed by atoms with Gasteiger partial charge in [-0.15, -0.1) is 0 Å². The second-order valence-corrected chi connectivity index (χ2v) is 4.89. The van der Waals surface area contributed by atoms with E-state index in [2.05, 4.69) is 6.92 Å². The third-order valence-corrected chi connectivity index (χ3v) is 3.23. The van der Waals surface area contributed by atoms with E-state index in [0.717, 1.165) is 23.5 Å². The molecule has 3 heteroatoms. The highest BCUT2D eigenvalue weighted by Crippen LogP contribution is 2.27. The number of para-hydroxylation sites is 1. The average Bonchev–Trinajstić information content (AvgIpc) is 2.46. The van der Waals surface area contributed by atoms with Crippen molar-refractivity contribution in [1.29, 1.82) is 0 Å². The maximum absolute atomic E-state index is 10.8. The fourth-order valence-electron chi connectivity index (χ4n) is 2.03. The third kappa shape index (κ3) is 4.12. The summed E-state index contributed by atoms with van der Waals surface area (Å²) in [5.74, 6) is 1.64. The number of benzene rings is 2. The van der Waals surface area contributed by atoms with Gasteiger partial charge < -0.3 is 10.5 Å². The van der Waals surface area contributed by atoms with Crippen molar-refractivity contribution in [2.45, 2.75) is 25.7 Å². The van der Waals surface area contributed by atoms with Gasteiger partial charge in [-0.05, 0) is 42.2 Å². The minimum Gasteiger partial charge on any atom is -0.457 e. The summed E-state index contributed by atoms with van der Waals surface area (Å²) >= 11 is 0. The summed E-state index contributed by atoms with van der Waals surface area (Å²) in [5.41, 5.74) is 6.34. The standard InChI is InChI=1S/C17H19NO2/c1-13(10-11-17(18)19)14-6-5-9-16(12-14)20-15-7-3-2-4-8-15/h2-9,12-13H,10-11H2,1H3,(H2,18,19). The van der Waals surface area contributed by atoms with Crippen molar-refractivity contribution in [1.82, 2.24) is 0 Å². The Hall–Kier alpha value is -2.29. The van der Waals surface area contributed by atoms with Crippen LogP contribution in [0.15, 0.2) is 54.6 Å². The van der Waals surface area contributed by atoms with Crippen molar-refractivity contribution in [2.24, 2.45) is 5.73 Å². The smallest absolute Gasteiger partial charge is 0.217 e. The molecule has 2 N–H and O–H groups in total. The summed E-state index contributed by atoms with van der Waals surface area (Å²) in [5, 5.41) is 0. The van der Waals surface area contributed by atoms with Gasteiger partial charge in [0.25, 0.3) is 0 Å². The van der Waals surface area contributed by atoms with E-state index in [-0.39, 0.29) is 11.8 Å². The lowest BCUT2D eigenvalue weighted by atomic mass is 9.96. The Bertz CT molecular complexity index is 566. The molecule has 20 heavy (non-hydrogen) atoms. The van der Waals surface area contributed by atoms with Crippen molar-refractivity contribution in [3.05, 3.63) is 60.2 Å². The number of nitrogens with two attached hydrogens (primary N) is 1. The highest BCUT2D eigenvalue weighted by molar-refractivity contribution is 5.73. The molecular formula is C17H19NO2. The number of hydrogen-bond acceptors (Lipinski definition) is 2. The average molecular weight is 269 g/mol. The first-order valence-electron chi connectivity index (χ1n) is 6.76. The molecule has 0 bridgehead atoms. The first kappa shape index (κ1) is 14.1. The lowest BCUT2D eigenvalue weighted by Gasteiger charge is -2.13. The largest absolute Gasteiger partial charge is 0.457 e. The Labute approximate surface area is 119 Å². The Morgan fingerprint density at radius 3 is 2.50 bits per heavy atom. The van der Waals surface area contributed by atoms with Crippen LogP contribution in [-0.2, 0) is 4.79 Å². The molecule has 0 aliphatic heterocycles. The van der Waals surface area contributed by atoms with Crippen LogP contribution < -0.4 is 10.5 Å². The van der Waals surface area contributed by atoms with E-state index < -0.39 is 0 Å². The lowest BCUT2D eigenvalue weighted by Crippen LogP contribution is -2.11. The number of carbonyl (C=O) groups excluding carboxylic acids is 1. The molecule has 0 fully saturated rings. The summed E-state index contributed by atoms with van der Waals surface area (Å²) < 4.78 is 5.80. The van der Waals surface area contributed by atoms with Gasteiger partial charge in [-0.1, -0.05) is 37.3 Å². The maximum atomic E-state index is 10.8. The highest BCUT2D eigenvalue weighted by atomic mass is 16.5. The topological polar surface area (TPSA) is 52.3 Å². The van der Waals surface area contributed by atoms with Gasteiger partial charge in [0.1, 0.15) is 11.5 Å². The molecule has 3 nitrogen and oxygen atoms in total. The number of carbonyl (C=O) groups is 1. The first-order valence-corrected chi connectivity index (χ1v) is 6.76. The highest BCUT2D eigenvalue weighted by Gasteiger charge is 2.08. The van der Waals surface area contributed by atoms with E-state index in [9.17, 15) is 4.79 Å².